The largest absolute Gasteiger partial charge is 0.504 e. The zero-order chi connectivity index (χ0) is 33.6. The van der Waals surface area contributed by atoms with Crippen molar-refractivity contribution in [1.82, 2.24) is 10.6 Å². The van der Waals surface area contributed by atoms with Crippen LogP contribution in [0.5, 0.6) is 17.2 Å². The molecule has 0 amide bonds. The van der Waals surface area contributed by atoms with Crippen LogP contribution in [0.1, 0.15) is 61.9 Å². The number of aryl methyl sites for hydroxylation is 2. The molecule has 0 aliphatic carbocycles. The highest BCUT2D eigenvalue weighted by atomic mass is 35.5. The van der Waals surface area contributed by atoms with E-state index in [-0.39, 0.29) is 11.8 Å². The van der Waals surface area contributed by atoms with Gasteiger partial charge in [-0.25, -0.2) is 0 Å². The summed E-state index contributed by atoms with van der Waals surface area (Å²) in [6.07, 6.45) is 3.96. The van der Waals surface area contributed by atoms with Crippen molar-refractivity contribution in [2.75, 3.05) is 14.2 Å². The average Bonchev–Trinajstić information content (AvgIpc) is 3.05. The van der Waals surface area contributed by atoms with Gasteiger partial charge in [0.2, 0.25) is 0 Å². The fourth-order valence-electron chi connectivity index (χ4n) is 4.90. The average molecular weight is 707 g/mol. The predicted octanol–water partition coefficient (Wildman–Crippen LogP) is 10.5. The Balaban J connectivity index is 0.000000250. The number of halogens is 4. The minimum absolute atomic E-state index is 0.169. The van der Waals surface area contributed by atoms with Crippen LogP contribution in [0.15, 0.2) is 78.9 Å². The maximum absolute atomic E-state index is 9.61. The van der Waals surface area contributed by atoms with E-state index in [4.69, 9.17) is 55.9 Å². The van der Waals surface area contributed by atoms with E-state index in [1.54, 1.807) is 20.3 Å². The van der Waals surface area contributed by atoms with Gasteiger partial charge in [0.05, 0.1) is 34.3 Å². The summed E-state index contributed by atoms with van der Waals surface area (Å²) in [5.74, 6) is 1.59. The van der Waals surface area contributed by atoms with Crippen LogP contribution in [0.2, 0.25) is 20.1 Å². The van der Waals surface area contributed by atoms with Gasteiger partial charge in [-0.2, -0.15) is 0 Å². The number of rotatable bonds is 14. The topological polar surface area (TPSA) is 62.8 Å². The van der Waals surface area contributed by atoms with Crippen LogP contribution >= 0.6 is 46.4 Å². The zero-order valence-corrected chi connectivity index (χ0v) is 30.1. The molecule has 3 atom stereocenters. The molecule has 0 aromatic heterocycles. The number of ether oxygens (including phenoxy) is 2. The number of hydrogen-bond acceptors (Lipinski definition) is 5. The molecule has 0 bridgehead atoms. The van der Waals surface area contributed by atoms with Crippen molar-refractivity contribution in [3.8, 4) is 17.2 Å². The molecule has 0 aliphatic rings. The molecule has 0 heterocycles. The van der Waals surface area contributed by atoms with Crippen LogP contribution in [0.4, 0.5) is 0 Å². The molecule has 0 saturated carbocycles. The molecule has 0 aliphatic heterocycles. The summed E-state index contributed by atoms with van der Waals surface area (Å²) >= 11 is 24.0. The highest BCUT2D eigenvalue weighted by Gasteiger charge is 2.12. The second-order valence-electron chi connectivity index (χ2n) is 11.4. The van der Waals surface area contributed by atoms with Gasteiger partial charge in [-0.3, -0.25) is 0 Å². The first-order chi connectivity index (χ1) is 22.0. The number of benzene rings is 4. The van der Waals surface area contributed by atoms with Gasteiger partial charge in [-0.15, -0.1) is 0 Å². The number of methoxy groups -OCH3 is 2. The zero-order valence-electron chi connectivity index (χ0n) is 27.0. The van der Waals surface area contributed by atoms with E-state index in [9.17, 15) is 5.11 Å². The second kappa shape index (κ2) is 19.2. The summed E-state index contributed by atoms with van der Waals surface area (Å²) in [5, 5.41) is 19.0. The molecule has 4 rings (SSSR count). The smallest absolute Gasteiger partial charge is 0.160 e. The lowest BCUT2D eigenvalue weighted by molar-refractivity contribution is 0.372. The number of hydrogen-bond donors (Lipinski definition) is 3. The molecule has 9 heteroatoms. The van der Waals surface area contributed by atoms with E-state index >= 15 is 0 Å². The first-order valence-corrected chi connectivity index (χ1v) is 16.9. The van der Waals surface area contributed by atoms with E-state index in [0.717, 1.165) is 54.7 Å². The van der Waals surface area contributed by atoms with Crippen molar-refractivity contribution in [2.24, 2.45) is 0 Å². The van der Waals surface area contributed by atoms with E-state index in [0.29, 0.717) is 37.9 Å². The van der Waals surface area contributed by atoms with Crippen LogP contribution in [0.3, 0.4) is 0 Å². The fourth-order valence-corrected chi connectivity index (χ4v) is 5.53. The number of phenols is 1. The Morgan fingerprint density at radius 3 is 1.93 bits per heavy atom. The SMILES string of the molecule is COc1cc(CCC(C)NCc2ccc(Cl)c(Cl)c2)ccc1O.COc1cccc(CCC(C)NC(C)c2ccc(Cl)c(Cl)c2)c1. The van der Waals surface area contributed by atoms with E-state index < -0.39 is 0 Å². The lowest BCUT2D eigenvalue weighted by Crippen LogP contribution is -2.29. The van der Waals surface area contributed by atoms with Crippen molar-refractivity contribution in [3.05, 3.63) is 121 Å². The summed E-state index contributed by atoms with van der Waals surface area (Å²) in [6, 6.07) is 26.1. The minimum Gasteiger partial charge on any atom is -0.504 e. The summed E-state index contributed by atoms with van der Waals surface area (Å²) in [5.41, 5.74) is 4.69. The van der Waals surface area contributed by atoms with Gasteiger partial charge in [-0.1, -0.05) is 76.7 Å². The summed E-state index contributed by atoms with van der Waals surface area (Å²) < 4.78 is 10.4. The van der Waals surface area contributed by atoms with Gasteiger partial charge in [0.25, 0.3) is 0 Å². The lowest BCUT2D eigenvalue weighted by atomic mass is 10.0. The lowest BCUT2D eigenvalue weighted by Gasteiger charge is -2.21. The third-order valence-electron chi connectivity index (χ3n) is 7.73. The first-order valence-electron chi connectivity index (χ1n) is 15.4. The van der Waals surface area contributed by atoms with Crippen molar-refractivity contribution < 1.29 is 14.6 Å². The van der Waals surface area contributed by atoms with Gasteiger partial charge in [0, 0.05) is 24.7 Å². The monoisotopic (exact) mass is 704 g/mol. The van der Waals surface area contributed by atoms with Gasteiger partial charge >= 0.3 is 0 Å². The molecule has 0 spiro atoms. The van der Waals surface area contributed by atoms with Crippen molar-refractivity contribution in [3.63, 3.8) is 0 Å². The van der Waals surface area contributed by atoms with Gasteiger partial charge in [-0.05, 0) is 117 Å². The first kappa shape index (κ1) is 37.8. The Morgan fingerprint density at radius 2 is 1.28 bits per heavy atom. The number of nitrogens with one attached hydrogen (secondary N) is 2. The van der Waals surface area contributed by atoms with Crippen LogP contribution in [0, 0.1) is 0 Å². The molecule has 0 radical (unpaired) electrons. The molecular weight excluding hydrogens is 662 g/mol. The molecule has 3 unspecified atom stereocenters. The molecule has 46 heavy (non-hydrogen) atoms. The normalized spacial score (nSPS) is 12.9. The van der Waals surface area contributed by atoms with Crippen molar-refractivity contribution in [2.45, 2.75) is 71.1 Å². The third-order valence-corrected chi connectivity index (χ3v) is 9.21. The van der Waals surface area contributed by atoms with Crippen LogP contribution in [0.25, 0.3) is 0 Å². The Kier molecular flexibility index (Phi) is 15.8. The van der Waals surface area contributed by atoms with Gasteiger partial charge in [0.1, 0.15) is 5.75 Å². The van der Waals surface area contributed by atoms with Crippen molar-refractivity contribution >= 4 is 46.4 Å². The molecule has 0 saturated heterocycles. The van der Waals surface area contributed by atoms with Crippen LogP contribution in [-0.4, -0.2) is 31.4 Å². The molecule has 0 fully saturated rings. The van der Waals surface area contributed by atoms with E-state index in [1.165, 1.54) is 5.56 Å². The Morgan fingerprint density at radius 1 is 0.652 bits per heavy atom. The van der Waals surface area contributed by atoms with Crippen LogP contribution < -0.4 is 20.1 Å². The highest BCUT2D eigenvalue weighted by Crippen LogP contribution is 2.28. The quantitative estimate of drug-likeness (QED) is 0.122. The maximum Gasteiger partial charge on any atom is 0.160 e. The molecular formula is C37H44Cl4N2O3. The Labute approximate surface area is 294 Å². The van der Waals surface area contributed by atoms with Crippen LogP contribution in [-0.2, 0) is 19.4 Å². The van der Waals surface area contributed by atoms with Crippen molar-refractivity contribution in [1.29, 1.82) is 0 Å². The van der Waals surface area contributed by atoms with Gasteiger partial charge in [0.15, 0.2) is 11.5 Å². The number of aromatic hydroxyl groups is 1. The number of phenolic OH excluding ortho intramolecular Hbond substituents is 1. The fraction of sp³-hybridized carbons (Fsp3) is 0.351. The maximum atomic E-state index is 9.61. The molecule has 5 nitrogen and oxygen atoms in total. The third kappa shape index (κ3) is 12.5. The Bertz CT molecular complexity index is 1530. The van der Waals surface area contributed by atoms with E-state index in [2.05, 4.69) is 43.5 Å². The summed E-state index contributed by atoms with van der Waals surface area (Å²) in [4.78, 5) is 0. The van der Waals surface area contributed by atoms with E-state index in [1.807, 2.05) is 60.7 Å². The van der Waals surface area contributed by atoms with Gasteiger partial charge < -0.3 is 25.2 Å². The molecule has 3 N–H and O–H groups in total. The molecule has 4 aromatic rings. The molecule has 4 aromatic carbocycles. The summed E-state index contributed by atoms with van der Waals surface area (Å²) in [6.45, 7) is 7.24. The molecule has 248 valence electrons. The highest BCUT2D eigenvalue weighted by molar-refractivity contribution is 6.42. The standard InChI is InChI=1S/C19H23Cl2NO.C18H21Cl2NO2/c1-13(7-8-15-5-4-6-17(11-15)23-3)22-14(2)16-9-10-18(20)19(21)12-16;1-12(21-11-14-5-7-15(19)16(20)9-14)3-4-13-6-8-17(22)18(10-13)23-2/h4-6,9-14,22H,7-8H2,1-3H3;5-10,12,21-22H,3-4,11H2,1-2H3. The minimum atomic E-state index is 0.169. The summed E-state index contributed by atoms with van der Waals surface area (Å²) in [7, 11) is 3.25. The Hall–Kier alpha value is -2.64. The predicted molar refractivity (Wildman–Crippen MR) is 195 cm³/mol. The second-order valence-corrected chi connectivity index (χ2v) is 13.1.